The highest BCUT2D eigenvalue weighted by molar-refractivity contribution is 5.90. The van der Waals surface area contributed by atoms with Gasteiger partial charge in [-0.15, -0.1) is 0 Å². The molecule has 0 atom stereocenters. The van der Waals surface area contributed by atoms with E-state index >= 15 is 0 Å². The van der Waals surface area contributed by atoms with Crippen molar-refractivity contribution in [1.29, 1.82) is 10.5 Å². The van der Waals surface area contributed by atoms with E-state index < -0.39 is 0 Å². The molecule has 0 fully saturated rings. The lowest BCUT2D eigenvalue weighted by molar-refractivity contribution is 0.0504. The van der Waals surface area contributed by atoms with Crippen molar-refractivity contribution in [2.24, 2.45) is 5.41 Å². The molecule has 7 heteroatoms. The van der Waals surface area contributed by atoms with Gasteiger partial charge in [-0.2, -0.15) is 10.5 Å². The molecule has 1 aliphatic rings. The van der Waals surface area contributed by atoms with Crippen LogP contribution in [-0.4, -0.2) is 38.2 Å². The summed E-state index contributed by atoms with van der Waals surface area (Å²) in [7, 11) is 0. The van der Waals surface area contributed by atoms with Gasteiger partial charge >= 0.3 is 11.9 Å². The predicted molar refractivity (Wildman–Crippen MR) is 180 cm³/mol. The Kier molecular flexibility index (Phi) is 11.3. The van der Waals surface area contributed by atoms with Gasteiger partial charge < -0.3 is 14.4 Å². The number of rotatable bonds is 11. The predicted octanol–water partition coefficient (Wildman–Crippen LogP) is 7.93. The van der Waals surface area contributed by atoms with Crippen molar-refractivity contribution >= 4 is 23.7 Å². The second-order valence-electron chi connectivity index (χ2n) is 12.3. The normalized spacial score (nSPS) is 13.7. The zero-order valence-corrected chi connectivity index (χ0v) is 26.9. The molecule has 0 heterocycles. The smallest absolute Gasteiger partial charge is 0.338 e. The molecule has 0 saturated carbocycles. The molecule has 0 N–H and O–H groups in total. The lowest BCUT2D eigenvalue weighted by atomic mass is 9.74. The number of ether oxygens (including phenoxy) is 2. The molecule has 0 radical (unpaired) electrons. The van der Waals surface area contributed by atoms with Gasteiger partial charge in [-0.3, -0.25) is 0 Å². The quantitative estimate of drug-likeness (QED) is 0.160. The van der Waals surface area contributed by atoms with E-state index in [2.05, 4.69) is 13.8 Å². The average molecular weight is 614 g/mol. The zero-order valence-electron chi connectivity index (χ0n) is 26.9. The first-order chi connectivity index (χ1) is 22.1. The van der Waals surface area contributed by atoms with E-state index in [1.54, 1.807) is 24.3 Å². The fraction of sp³-hybridized carbons (Fsp3) is 0.282. The van der Waals surface area contributed by atoms with Gasteiger partial charge in [0, 0.05) is 5.69 Å². The minimum atomic E-state index is -0.388. The van der Waals surface area contributed by atoms with Crippen LogP contribution in [0, 0.1) is 41.9 Å². The molecule has 0 aromatic heterocycles. The van der Waals surface area contributed by atoms with Crippen molar-refractivity contribution in [2.45, 2.75) is 40.5 Å². The number of nitrogens with zero attached hydrogens (tertiary/aromatic N) is 3. The first-order valence-corrected chi connectivity index (χ1v) is 15.3. The Labute approximate surface area is 271 Å². The number of anilines is 1. The van der Waals surface area contributed by atoms with Crippen molar-refractivity contribution < 1.29 is 19.1 Å². The van der Waals surface area contributed by atoms with Gasteiger partial charge in [-0.25, -0.2) is 9.59 Å². The first-order valence-electron chi connectivity index (χ1n) is 15.3. The van der Waals surface area contributed by atoms with E-state index in [9.17, 15) is 20.1 Å². The Morgan fingerprint density at radius 1 is 0.761 bits per heavy atom. The molecular formula is C39H39N3O4. The van der Waals surface area contributed by atoms with Crippen LogP contribution in [0.3, 0.4) is 0 Å². The Hall–Kier alpha value is -5.40. The zero-order chi connectivity index (χ0) is 33.1. The minimum absolute atomic E-state index is 0.0567. The molecule has 1 aliphatic carbocycles. The van der Waals surface area contributed by atoms with Gasteiger partial charge in [0.05, 0.1) is 24.2 Å². The van der Waals surface area contributed by atoms with Crippen molar-refractivity contribution in [3.05, 3.63) is 129 Å². The maximum atomic E-state index is 12.6. The summed E-state index contributed by atoms with van der Waals surface area (Å²) in [6.07, 6.45) is 7.53. The lowest BCUT2D eigenvalue weighted by Gasteiger charge is -2.30. The largest absolute Gasteiger partial charge is 0.460 e. The van der Waals surface area contributed by atoms with Crippen LogP contribution in [0.25, 0.3) is 6.08 Å². The van der Waals surface area contributed by atoms with Crippen molar-refractivity contribution in [2.75, 3.05) is 31.2 Å². The molecule has 46 heavy (non-hydrogen) atoms. The van der Waals surface area contributed by atoms with Gasteiger partial charge in [-0.1, -0.05) is 79.6 Å². The highest BCUT2D eigenvalue weighted by atomic mass is 16.5. The van der Waals surface area contributed by atoms with E-state index in [1.165, 1.54) is 0 Å². The summed E-state index contributed by atoms with van der Waals surface area (Å²) in [5.74, 6) is -0.776. The molecule has 234 valence electrons. The van der Waals surface area contributed by atoms with E-state index in [0.717, 1.165) is 39.9 Å². The van der Waals surface area contributed by atoms with Crippen LogP contribution in [-0.2, 0) is 9.47 Å². The molecule has 3 aromatic carbocycles. The number of esters is 2. The molecule has 3 aromatic rings. The summed E-state index contributed by atoms with van der Waals surface area (Å²) >= 11 is 0. The molecule has 0 unspecified atom stereocenters. The van der Waals surface area contributed by atoms with Crippen molar-refractivity contribution in [3.8, 4) is 12.1 Å². The number of allylic oxidation sites excluding steroid dienone is 5. The fourth-order valence-corrected chi connectivity index (χ4v) is 5.31. The highest BCUT2D eigenvalue weighted by Crippen LogP contribution is 2.39. The maximum Gasteiger partial charge on any atom is 0.338 e. The number of hydrogen-bond acceptors (Lipinski definition) is 7. The van der Waals surface area contributed by atoms with E-state index in [-0.39, 0.29) is 36.1 Å². The van der Waals surface area contributed by atoms with Crippen molar-refractivity contribution in [3.63, 3.8) is 0 Å². The van der Waals surface area contributed by atoms with E-state index in [4.69, 9.17) is 9.47 Å². The Balaban J connectivity index is 1.45. The summed E-state index contributed by atoms with van der Waals surface area (Å²) in [6.45, 7) is 9.34. The van der Waals surface area contributed by atoms with E-state index in [0.29, 0.717) is 30.6 Å². The summed E-state index contributed by atoms with van der Waals surface area (Å²) < 4.78 is 11.1. The van der Waals surface area contributed by atoms with Gasteiger partial charge in [0.1, 0.15) is 30.9 Å². The molecule has 4 rings (SSSR count). The molecule has 7 nitrogen and oxygen atoms in total. The molecule has 0 bridgehead atoms. The molecule has 0 amide bonds. The van der Waals surface area contributed by atoms with Crippen LogP contribution in [0.5, 0.6) is 0 Å². The van der Waals surface area contributed by atoms with E-state index in [1.807, 2.05) is 97.6 Å². The third kappa shape index (κ3) is 9.55. The number of benzene rings is 3. The van der Waals surface area contributed by atoms with Crippen LogP contribution < -0.4 is 4.90 Å². The summed E-state index contributed by atoms with van der Waals surface area (Å²) in [5, 5.41) is 18.7. The second kappa shape index (κ2) is 15.5. The topological polar surface area (TPSA) is 103 Å². The number of aryl methyl sites for hydroxylation is 2. The van der Waals surface area contributed by atoms with Crippen molar-refractivity contribution in [1.82, 2.24) is 0 Å². The minimum Gasteiger partial charge on any atom is -0.460 e. The highest BCUT2D eigenvalue weighted by Gasteiger charge is 2.26. The fourth-order valence-electron chi connectivity index (χ4n) is 5.31. The standard InChI is InChI=1S/C39H39N3O4/c1-28-5-13-32(14-6-28)37(43)45-21-19-42(20-22-46-38(44)33-15-7-29(2)8-16-33)36-17-11-30(12-18-36)9-10-31-23-34(35(26-40)27-41)25-39(3,4)24-31/h5-18,23H,19-22,24-25H2,1-4H3/b10-9+. The first kappa shape index (κ1) is 33.5. The third-order valence-corrected chi connectivity index (χ3v) is 7.77. The summed E-state index contributed by atoms with van der Waals surface area (Å²) in [4.78, 5) is 27.2. The second-order valence-corrected chi connectivity index (χ2v) is 12.3. The number of carbonyl (C=O) groups excluding carboxylic acids is 2. The van der Waals surface area contributed by atoms with Crippen LogP contribution >= 0.6 is 0 Å². The number of carbonyl (C=O) groups is 2. The number of nitriles is 2. The lowest BCUT2D eigenvalue weighted by Crippen LogP contribution is -2.32. The monoisotopic (exact) mass is 613 g/mol. The van der Waals surface area contributed by atoms with Gasteiger partial charge in [0.15, 0.2) is 0 Å². The summed E-state index contributed by atoms with van der Waals surface area (Å²) in [5.41, 5.74) is 6.94. The Morgan fingerprint density at radius 2 is 1.26 bits per heavy atom. The summed E-state index contributed by atoms with van der Waals surface area (Å²) in [6, 6.07) is 26.5. The SMILES string of the molecule is Cc1ccc(C(=O)OCCN(CCOC(=O)c2ccc(C)cc2)c2ccc(/C=C/C3=CC(=C(C#N)C#N)CC(C)(C)C3)cc2)cc1. The molecule has 0 saturated heterocycles. The Bertz CT molecular complexity index is 1640. The third-order valence-electron chi connectivity index (χ3n) is 7.77. The van der Waals surface area contributed by atoms with Gasteiger partial charge in [0.25, 0.3) is 0 Å². The molecular weight excluding hydrogens is 574 g/mol. The Morgan fingerprint density at radius 3 is 1.74 bits per heavy atom. The average Bonchev–Trinajstić information content (AvgIpc) is 3.04. The van der Waals surface area contributed by atoms with Crippen LogP contribution in [0.15, 0.2) is 102 Å². The molecule has 0 spiro atoms. The maximum absolute atomic E-state index is 12.6. The molecule has 0 aliphatic heterocycles. The number of hydrogen-bond donors (Lipinski definition) is 0. The van der Waals surface area contributed by atoms with Gasteiger partial charge in [-0.05, 0) is 85.2 Å². The van der Waals surface area contributed by atoms with Gasteiger partial charge in [0.2, 0.25) is 0 Å². The van der Waals surface area contributed by atoms with Crippen LogP contribution in [0.2, 0.25) is 0 Å². The van der Waals surface area contributed by atoms with Crippen LogP contribution in [0.4, 0.5) is 5.69 Å². The van der Waals surface area contributed by atoms with Crippen LogP contribution in [0.1, 0.15) is 64.1 Å².